The Bertz CT molecular complexity index is 908. The lowest BCUT2D eigenvalue weighted by molar-refractivity contribution is 0.411. The van der Waals surface area contributed by atoms with Gasteiger partial charge in [-0.15, -0.1) is 0 Å². The number of nitrogens with zero attached hydrogens (tertiary/aromatic N) is 2. The summed E-state index contributed by atoms with van der Waals surface area (Å²) in [6.07, 6.45) is 1.91. The lowest BCUT2D eigenvalue weighted by atomic mass is 10.2. The molecule has 0 saturated carbocycles. The molecule has 22 heavy (non-hydrogen) atoms. The van der Waals surface area contributed by atoms with Gasteiger partial charge in [-0.3, -0.25) is 9.36 Å². The number of methoxy groups -OCH3 is 1. The molecule has 1 heterocycles. The minimum atomic E-state index is -0.0858. The molecule has 0 atom stereocenters. The molecule has 1 aromatic heterocycles. The highest BCUT2D eigenvalue weighted by Crippen LogP contribution is 2.26. The number of thioether (sulfide) groups is 1. The van der Waals surface area contributed by atoms with Crippen LogP contribution in [-0.4, -0.2) is 22.9 Å². The molecule has 0 bridgehead atoms. The number of halogens is 1. The predicted octanol–water partition coefficient (Wildman–Crippen LogP) is 3.72. The Morgan fingerprint density at radius 3 is 2.73 bits per heavy atom. The molecule has 0 N–H and O–H groups in total. The number of fused-ring (bicyclic) bond motifs is 1. The summed E-state index contributed by atoms with van der Waals surface area (Å²) in [5, 5.41) is 1.25. The second-order valence-electron chi connectivity index (χ2n) is 4.57. The summed E-state index contributed by atoms with van der Waals surface area (Å²) >= 11 is 3.63. The van der Waals surface area contributed by atoms with Crippen molar-refractivity contribution >= 4 is 45.3 Å². The Morgan fingerprint density at radius 1 is 1.23 bits per heavy atom. The van der Waals surface area contributed by atoms with Gasteiger partial charge in [0.15, 0.2) is 5.16 Å². The van der Waals surface area contributed by atoms with Crippen molar-refractivity contribution in [2.75, 3.05) is 13.4 Å². The Balaban J connectivity index is 2.42. The van der Waals surface area contributed by atoms with Crippen LogP contribution in [0.25, 0.3) is 16.6 Å². The molecule has 112 valence electrons. The zero-order chi connectivity index (χ0) is 15.7. The molecule has 0 fully saturated rings. The van der Waals surface area contributed by atoms with E-state index in [2.05, 4.69) is 27.6 Å². The number of hydrogen-bond acceptors (Lipinski definition) is 4. The minimum absolute atomic E-state index is 0.0858. The first-order chi connectivity index (χ1) is 10.7. The molecule has 0 saturated heterocycles. The van der Waals surface area contributed by atoms with E-state index < -0.39 is 0 Å². The molecule has 0 unspecified atom stereocenters. The van der Waals surface area contributed by atoms with E-state index in [4.69, 9.17) is 4.74 Å². The Kier molecular flexibility index (Phi) is 4.39. The standard InChI is InChI=1S/C16H13IN2O2S/c1-21-14-6-4-3-5-13(14)19-15(20)11-9-10(17)7-8-12(11)18-16(19)22-2/h3-9H,1-2H3. The van der Waals surface area contributed by atoms with Crippen molar-refractivity contribution in [2.45, 2.75) is 5.16 Å². The third-order valence-electron chi connectivity index (χ3n) is 3.31. The first-order valence-electron chi connectivity index (χ1n) is 6.55. The number of para-hydroxylation sites is 2. The molecule has 0 radical (unpaired) electrons. The fourth-order valence-corrected chi connectivity index (χ4v) is 3.35. The molecular formula is C16H13IN2O2S. The van der Waals surface area contributed by atoms with E-state index >= 15 is 0 Å². The van der Waals surface area contributed by atoms with E-state index in [0.29, 0.717) is 27.5 Å². The summed E-state index contributed by atoms with van der Waals surface area (Å²) in [6, 6.07) is 13.2. The van der Waals surface area contributed by atoms with Crippen molar-refractivity contribution in [2.24, 2.45) is 0 Å². The van der Waals surface area contributed by atoms with Crippen molar-refractivity contribution in [1.29, 1.82) is 0 Å². The van der Waals surface area contributed by atoms with Crippen LogP contribution in [0.4, 0.5) is 0 Å². The highest BCUT2D eigenvalue weighted by Gasteiger charge is 2.15. The van der Waals surface area contributed by atoms with Crippen LogP contribution in [-0.2, 0) is 0 Å². The highest BCUT2D eigenvalue weighted by atomic mass is 127. The van der Waals surface area contributed by atoms with E-state index in [9.17, 15) is 4.79 Å². The van der Waals surface area contributed by atoms with Gasteiger partial charge in [-0.05, 0) is 59.2 Å². The van der Waals surface area contributed by atoms with Gasteiger partial charge in [-0.25, -0.2) is 4.98 Å². The van der Waals surface area contributed by atoms with Crippen LogP contribution >= 0.6 is 34.4 Å². The fourth-order valence-electron chi connectivity index (χ4n) is 2.30. The lowest BCUT2D eigenvalue weighted by Crippen LogP contribution is -2.22. The number of rotatable bonds is 3. The number of aromatic nitrogens is 2. The first kappa shape index (κ1) is 15.4. The SMILES string of the molecule is COc1ccccc1-n1c(SC)nc2ccc(I)cc2c1=O. The van der Waals surface area contributed by atoms with Crippen molar-refractivity contribution in [3.63, 3.8) is 0 Å². The van der Waals surface area contributed by atoms with Crippen LogP contribution < -0.4 is 10.3 Å². The lowest BCUT2D eigenvalue weighted by Gasteiger charge is -2.14. The van der Waals surface area contributed by atoms with Gasteiger partial charge in [0.25, 0.3) is 5.56 Å². The molecule has 2 aromatic carbocycles. The van der Waals surface area contributed by atoms with Crippen LogP contribution in [0.2, 0.25) is 0 Å². The third-order valence-corrected chi connectivity index (χ3v) is 4.62. The summed E-state index contributed by atoms with van der Waals surface area (Å²) in [7, 11) is 1.60. The molecule has 0 amide bonds. The van der Waals surface area contributed by atoms with Crippen molar-refractivity contribution in [3.8, 4) is 11.4 Å². The zero-order valence-corrected chi connectivity index (χ0v) is 15.0. The van der Waals surface area contributed by atoms with Gasteiger partial charge in [0.1, 0.15) is 5.75 Å². The van der Waals surface area contributed by atoms with Gasteiger partial charge >= 0.3 is 0 Å². The smallest absolute Gasteiger partial charge is 0.266 e. The van der Waals surface area contributed by atoms with Crippen LogP contribution in [0.5, 0.6) is 5.75 Å². The first-order valence-corrected chi connectivity index (χ1v) is 8.85. The molecule has 3 rings (SSSR count). The van der Waals surface area contributed by atoms with Crippen LogP contribution in [0, 0.1) is 3.57 Å². The van der Waals surface area contributed by atoms with Gasteiger partial charge in [0.2, 0.25) is 0 Å². The largest absolute Gasteiger partial charge is 0.495 e. The Morgan fingerprint density at radius 2 is 2.00 bits per heavy atom. The predicted molar refractivity (Wildman–Crippen MR) is 98.4 cm³/mol. The average Bonchev–Trinajstić information content (AvgIpc) is 2.55. The summed E-state index contributed by atoms with van der Waals surface area (Å²) < 4.78 is 8.01. The molecular weight excluding hydrogens is 411 g/mol. The molecule has 0 aliphatic rings. The summed E-state index contributed by atoms with van der Waals surface area (Å²) in [5.41, 5.74) is 1.32. The van der Waals surface area contributed by atoms with Crippen molar-refractivity contribution in [3.05, 3.63) is 56.4 Å². The molecule has 0 aliphatic heterocycles. The quantitative estimate of drug-likeness (QED) is 0.365. The second kappa shape index (κ2) is 6.29. The normalized spacial score (nSPS) is 10.9. The topological polar surface area (TPSA) is 44.1 Å². The molecule has 4 nitrogen and oxygen atoms in total. The molecule has 6 heteroatoms. The van der Waals surface area contributed by atoms with Crippen LogP contribution in [0.1, 0.15) is 0 Å². The van der Waals surface area contributed by atoms with E-state index in [1.807, 2.05) is 48.7 Å². The fraction of sp³-hybridized carbons (Fsp3) is 0.125. The van der Waals surface area contributed by atoms with Gasteiger partial charge in [-0.1, -0.05) is 23.9 Å². The Labute approximate surface area is 145 Å². The zero-order valence-electron chi connectivity index (χ0n) is 12.0. The van der Waals surface area contributed by atoms with E-state index in [0.717, 1.165) is 3.57 Å². The van der Waals surface area contributed by atoms with E-state index in [1.54, 1.807) is 11.7 Å². The van der Waals surface area contributed by atoms with E-state index in [1.165, 1.54) is 11.8 Å². The minimum Gasteiger partial charge on any atom is -0.495 e. The summed E-state index contributed by atoms with van der Waals surface area (Å²) in [6.45, 7) is 0. The second-order valence-corrected chi connectivity index (χ2v) is 6.59. The third kappa shape index (κ3) is 2.61. The molecule has 3 aromatic rings. The van der Waals surface area contributed by atoms with E-state index in [-0.39, 0.29) is 5.56 Å². The maximum Gasteiger partial charge on any atom is 0.266 e. The summed E-state index contributed by atoms with van der Waals surface area (Å²) in [4.78, 5) is 17.6. The van der Waals surface area contributed by atoms with Crippen LogP contribution in [0.15, 0.2) is 52.4 Å². The molecule has 0 aliphatic carbocycles. The van der Waals surface area contributed by atoms with Gasteiger partial charge < -0.3 is 4.74 Å². The van der Waals surface area contributed by atoms with Gasteiger partial charge in [-0.2, -0.15) is 0 Å². The molecule has 0 spiro atoms. The average molecular weight is 424 g/mol. The van der Waals surface area contributed by atoms with Crippen molar-refractivity contribution < 1.29 is 4.74 Å². The monoisotopic (exact) mass is 424 g/mol. The summed E-state index contributed by atoms with van der Waals surface area (Å²) in [5.74, 6) is 0.645. The Hall–Kier alpha value is -1.54. The maximum atomic E-state index is 13.0. The van der Waals surface area contributed by atoms with Gasteiger partial charge in [0, 0.05) is 3.57 Å². The maximum absolute atomic E-state index is 13.0. The number of benzene rings is 2. The highest BCUT2D eigenvalue weighted by molar-refractivity contribution is 14.1. The van der Waals surface area contributed by atoms with Crippen molar-refractivity contribution in [1.82, 2.24) is 9.55 Å². The van der Waals surface area contributed by atoms with Crippen LogP contribution in [0.3, 0.4) is 0 Å². The number of ether oxygens (including phenoxy) is 1. The van der Waals surface area contributed by atoms with Gasteiger partial charge in [0.05, 0.1) is 23.7 Å². The number of hydrogen-bond donors (Lipinski definition) is 0.